The summed E-state index contributed by atoms with van der Waals surface area (Å²) in [7, 11) is 0. The van der Waals surface area contributed by atoms with Gasteiger partial charge in [-0.25, -0.2) is 4.79 Å². The Hall–Kier alpha value is -2.05. The first-order chi connectivity index (χ1) is 11.3. The number of aromatic nitrogens is 1. The molecule has 1 heterocycles. The third-order valence-corrected chi connectivity index (χ3v) is 3.97. The summed E-state index contributed by atoms with van der Waals surface area (Å²) in [5.74, 6) is -0.873. The van der Waals surface area contributed by atoms with Crippen LogP contribution in [0.1, 0.15) is 35.7 Å². The predicted molar refractivity (Wildman–Crippen MR) is 90.6 cm³/mol. The SMILES string of the molecule is CCc1noc(C)c1C(=O)O[C@@H](C)C(=O)Nc1c(Cl)cccc1Cl. The Morgan fingerprint density at radius 2 is 1.96 bits per heavy atom. The van der Waals surface area contributed by atoms with Crippen molar-refractivity contribution in [1.29, 1.82) is 0 Å². The van der Waals surface area contributed by atoms with Gasteiger partial charge >= 0.3 is 5.97 Å². The first kappa shape index (κ1) is 18.3. The lowest BCUT2D eigenvalue weighted by Gasteiger charge is -2.15. The van der Waals surface area contributed by atoms with E-state index in [1.165, 1.54) is 6.92 Å². The Labute approximate surface area is 149 Å². The number of hydrogen-bond acceptors (Lipinski definition) is 5. The fourth-order valence-corrected chi connectivity index (χ4v) is 2.53. The van der Waals surface area contributed by atoms with Crippen molar-refractivity contribution in [3.05, 3.63) is 45.3 Å². The third kappa shape index (κ3) is 3.88. The molecule has 0 aliphatic carbocycles. The summed E-state index contributed by atoms with van der Waals surface area (Å²) < 4.78 is 10.2. The number of esters is 1. The van der Waals surface area contributed by atoms with E-state index < -0.39 is 18.0 Å². The maximum absolute atomic E-state index is 12.3. The van der Waals surface area contributed by atoms with Gasteiger partial charge in [-0.1, -0.05) is 41.3 Å². The van der Waals surface area contributed by atoms with E-state index in [4.69, 9.17) is 32.5 Å². The Bertz CT molecular complexity index is 753. The van der Waals surface area contributed by atoms with Gasteiger partial charge in [0.05, 0.1) is 21.4 Å². The quantitative estimate of drug-likeness (QED) is 0.803. The second-order valence-corrected chi connectivity index (χ2v) is 5.86. The van der Waals surface area contributed by atoms with Crippen LogP contribution in [-0.2, 0) is 16.0 Å². The molecule has 1 atom stereocenters. The Morgan fingerprint density at radius 1 is 1.33 bits per heavy atom. The van der Waals surface area contributed by atoms with E-state index in [0.717, 1.165) is 0 Å². The van der Waals surface area contributed by atoms with E-state index in [0.29, 0.717) is 17.9 Å². The lowest BCUT2D eigenvalue weighted by Crippen LogP contribution is -2.30. The summed E-state index contributed by atoms with van der Waals surface area (Å²) in [5.41, 5.74) is 0.997. The van der Waals surface area contributed by atoms with Crippen molar-refractivity contribution in [3.63, 3.8) is 0 Å². The van der Waals surface area contributed by atoms with Gasteiger partial charge < -0.3 is 14.6 Å². The molecular weight excluding hydrogens is 355 g/mol. The second kappa shape index (κ2) is 7.68. The molecule has 0 radical (unpaired) electrons. The number of para-hydroxylation sites is 1. The third-order valence-electron chi connectivity index (χ3n) is 3.34. The smallest absolute Gasteiger partial charge is 0.344 e. The number of hydrogen-bond donors (Lipinski definition) is 1. The van der Waals surface area contributed by atoms with Crippen molar-refractivity contribution in [3.8, 4) is 0 Å². The first-order valence-electron chi connectivity index (χ1n) is 7.26. The van der Waals surface area contributed by atoms with E-state index in [9.17, 15) is 9.59 Å². The molecule has 2 aromatic rings. The molecule has 1 amide bonds. The molecule has 0 aliphatic rings. The van der Waals surface area contributed by atoms with Gasteiger partial charge in [0.1, 0.15) is 11.3 Å². The molecule has 1 N–H and O–H groups in total. The average molecular weight is 371 g/mol. The molecule has 8 heteroatoms. The monoisotopic (exact) mass is 370 g/mol. The van der Waals surface area contributed by atoms with Crippen LogP contribution in [0.5, 0.6) is 0 Å². The van der Waals surface area contributed by atoms with E-state index in [-0.39, 0.29) is 21.3 Å². The molecular formula is C16H16Cl2N2O4. The zero-order valence-electron chi connectivity index (χ0n) is 13.4. The molecule has 0 bridgehead atoms. The number of amides is 1. The largest absolute Gasteiger partial charge is 0.449 e. The number of anilines is 1. The molecule has 1 aromatic carbocycles. The number of ether oxygens (including phenoxy) is 1. The minimum atomic E-state index is -1.05. The highest BCUT2D eigenvalue weighted by Gasteiger charge is 2.25. The molecule has 128 valence electrons. The van der Waals surface area contributed by atoms with E-state index >= 15 is 0 Å². The molecule has 0 saturated heterocycles. The molecule has 2 rings (SSSR count). The van der Waals surface area contributed by atoms with Crippen molar-refractivity contribution in [2.45, 2.75) is 33.3 Å². The van der Waals surface area contributed by atoms with Crippen LogP contribution in [0.2, 0.25) is 10.0 Å². The van der Waals surface area contributed by atoms with Gasteiger partial charge in [0.25, 0.3) is 5.91 Å². The van der Waals surface area contributed by atoms with Crippen molar-refractivity contribution < 1.29 is 18.8 Å². The lowest BCUT2D eigenvalue weighted by atomic mass is 10.1. The number of carbonyl (C=O) groups excluding carboxylic acids is 2. The minimum Gasteiger partial charge on any atom is -0.449 e. The molecule has 0 saturated carbocycles. The molecule has 0 spiro atoms. The van der Waals surface area contributed by atoms with Gasteiger partial charge in [0, 0.05) is 0 Å². The normalized spacial score (nSPS) is 11.9. The molecule has 1 aromatic heterocycles. The Balaban J connectivity index is 2.09. The van der Waals surface area contributed by atoms with Crippen LogP contribution in [-0.4, -0.2) is 23.1 Å². The number of rotatable bonds is 5. The van der Waals surface area contributed by atoms with Crippen molar-refractivity contribution >= 4 is 40.8 Å². The summed E-state index contributed by atoms with van der Waals surface area (Å²) in [6.45, 7) is 4.90. The van der Waals surface area contributed by atoms with Gasteiger partial charge in [-0.05, 0) is 32.4 Å². The maximum atomic E-state index is 12.3. The highest BCUT2D eigenvalue weighted by atomic mass is 35.5. The van der Waals surface area contributed by atoms with E-state index in [2.05, 4.69) is 10.5 Å². The van der Waals surface area contributed by atoms with Crippen LogP contribution >= 0.6 is 23.2 Å². The number of nitrogens with zero attached hydrogens (tertiary/aromatic N) is 1. The van der Waals surface area contributed by atoms with Gasteiger partial charge in [0.2, 0.25) is 0 Å². The summed E-state index contributed by atoms with van der Waals surface area (Å²) in [5, 5.41) is 6.92. The van der Waals surface area contributed by atoms with Gasteiger partial charge in [-0.2, -0.15) is 0 Å². The van der Waals surface area contributed by atoms with Crippen LogP contribution in [0.4, 0.5) is 5.69 Å². The number of nitrogens with one attached hydrogen (secondary N) is 1. The first-order valence-corrected chi connectivity index (χ1v) is 8.01. The fourth-order valence-electron chi connectivity index (χ4n) is 2.04. The number of halogens is 2. The molecule has 0 fully saturated rings. The van der Waals surface area contributed by atoms with Gasteiger partial charge in [-0.15, -0.1) is 0 Å². The van der Waals surface area contributed by atoms with Crippen molar-refractivity contribution in [2.24, 2.45) is 0 Å². The minimum absolute atomic E-state index is 0.243. The molecule has 0 aliphatic heterocycles. The van der Waals surface area contributed by atoms with Gasteiger partial charge in [-0.3, -0.25) is 4.79 Å². The zero-order valence-corrected chi connectivity index (χ0v) is 14.9. The van der Waals surface area contributed by atoms with Crippen LogP contribution in [0.3, 0.4) is 0 Å². The highest BCUT2D eigenvalue weighted by molar-refractivity contribution is 6.39. The van der Waals surface area contributed by atoms with Crippen LogP contribution in [0, 0.1) is 6.92 Å². The van der Waals surface area contributed by atoms with Crippen LogP contribution < -0.4 is 5.32 Å². The van der Waals surface area contributed by atoms with Crippen molar-refractivity contribution in [2.75, 3.05) is 5.32 Å². The Morgan fingerprint density at radius 3 is 2.54 bits per heavy atom. The van der Waals surface area contributed by atoms with E-state index in [1.807, 2.05) is 6.92 Å². The summed E-state index contributed by atoms with van der Waals surface area (Å²) >= 11 is 12.0. The topological polar surface area (TPSA) is 81.4 Å². The molecule has 6 nitrogen and oxygen atoms in total. The lowest BCUT2D eigenvalue weighted by molar-refractivity contribution is -0.123. The summed E-state index contributed by atoms with van der Waals surface area (Å²) in [6, 6.07) is 4.84. The number of aryl methyl sites for hydroxylation is 2. The average Bonchev–Trinajstić information content (AvgIpc) is 2.91. The summed E-state index contributed by atoms with van der Waals surface area (Å²) in [6.07, 6.45) is -0.541. The van der Waals surface area contributed by atoms with Crippen LogP contribution in [0.15, 0.2) is 22.7 Å². The van der Waals surface area contributed by atoms with E-state index in [1.54, 1.807) is 25.1 Å². The Kier molecular flexibility index (Phi) is 5.85. The number of benzene rings is 1. The zero-order chi connectivity index (χ0) is 17.9. The maximum Gasteiger partial charge on any atom is 0.344 e. The van der Waals surface area contributed by atoms with Gasteiger partial charge in [0.15, 0.2) is 6.10 Å². The molecule has 0 unspecified atom stereocenters. The van der Waals surface area contributed by atoms with Crippen LogP contribution in [0.25, 0.3) is 0 Å². The van der Waals surface area contributed by atoms with Crippen molar-refractivity contribution in [1.82, 2.24) is 5.16 Å². The standard InChI is InChI=1S/C16H16Cl2N2O4/c1-4-12-13(8(2)24-20-12)16(22)23-9(3)15(21)19-14-10(17)6-5-7-11(14)18/h5-7,9H,4H2,1-3H3,(H,19,21)/t9-/m0/s1. The fraction of sp³-hybridized carbons (Fsp3) is 0.312. The number of carbonyl (C=O) groups is 2. The summed E-state index contributed by atoms with van der Waals surface area (Å²) in [4.78, 5) is 24.5. The predicted octanol–water partition coefficient (Wildman–Crippen LogP) is 4.04. The molecule has 24 heavy (non-hydrogen) atoms. The second-order valence-electron chi connectivity index (χ2n) is 5.05. The highest BCUT2D eigenvalue weighted by Crippen LogP contribution is 2.30.